The Morgan fingerprint density at radius 2 is 2.29 bits per heavy atom. The number of hydrogen-bond donors (Lipinski definition) is 2. The Kier molecular flexibility index (Phi) is 3.19. The monoisotopic (exact) mass is 204 g/mol. The molecule has 0 aliphatic rings. The van der Waals surface area contributed by atoms with Crippen molar-refractivity contribution < 1.29 is 18.6 Å². The molecule has 14 heavy (non-hydrogen) atoms. The Bertz CT molecular complexity index is 331. The van der Waals surface area contributed by atoms with Crippen molar-refractivity contribution in [2.75, 3.05) is 12.8 Å². The predicted octanol–water partition coefficient (Wildman–Crippen LogP) is 1.10. The predicted molar refractivity (Wildman–Crippen MR) is 46.1 cm³/mol. The van der Waals surface area contributed by atoms with E-state index in [1.54, 1.807) is 0 Å². The van der Waals surface area contributed by atoms with E-state index in [9.17, 15) is 8.78 Å². The van der Waals surface area contributed by atoms with Gasteiger partial charge in [-0.3, -0.25) is 0 Å². The molecular weight excluding hydrogens is 194 g/mol. The maximum atomic E-state index is 12.5. The van der Waals surface area contributed by atoms with Crippen LogP contribution in [0.4, 0.5) is 14.6 Å². The summed E-state index contributed by atoms with van der Waals surface area (Å²) in [5, 5.41) is 8.73. The third-order valence-electron chi connectivity index (χ3n) is 1.68. The minimum Gasteiger partial charge on any atom is -0.492 e. The molecule has 0 bridgehead atoms. The fourth-order valence-electron chi connectivity index (χ4n) is 1.10. The van der Waals surface area contributed by atoms with Gasteiger partial charge in [0, 0.05) is 0 Å². The van der Waals surface area contributed by atoms with Gasteiger partial charge in [0.25, 0.3) is 6.43 Å². The standard InChI is InChI=1S/C8H10F2N2O2/c1-14-6-5(7(9)10)2-4(3-13)12-8(6)11/h2,7,13H,3H2,1H3,(H2,11,12). The molecule has 0 spiro atoms. The zero-order valence-corrected chi connectivity index (χ0v) is 7.50. The van der Waals surface area contributed by atoms with E-state index in [0.717, 1.165) is 6.07 Å². The number of rotatable bonds is 3. The largest absolute Gasteiger partial charge is 0.492 e. The molecule has 1 aromatic rings. The van der Waals surface area contributed by atoms with E-state index >= 15 is 0 Å². The van der Waals surface area contributed by atoms with Crippen molar-refractivity contribution in [3.05, 3.63) is 17.3 Å². The highest BCUT2D eigenvalue weighted by Crippen LogP contribution is 2.33. The van der Waals surface area contributed by atoms with Crippen molar-refractivity contribution in [1.82, 2.24) is 4.98 Å². The van der Waals surface area contributed by atoms with Crippen LogP contribution in [0.5, 0.6) is 5.75 Å². The number of nitrogen functional groups attached to an aromatic ring is 1. The second-order valence-electron chi connectivity index (χ2n) is 2.58. The van der Waals surface area contributed by atoms with Crippen molar-refractivity contribution >= 4 is 5.82 Å². The van der Waals surface area contributed by atoms with Crippen LogP contribution in [0.2, 0.25) is 0 Å². The summed E-state index contributed by atoms with van der Waals surface area (Å²) in [6.45, 7) is -0.437. The number of nitrogens with zero attached hydrogens (tertiary/aromatic N) is 1. The van der Waals surface area contributed by atoms with E-state index < -0.39 is 13.0 Å². The summed E-state index contributed by atoms with van der Waals surface area (Å²) in [6.07, 6.45) is -2.71. The fourth-order valence-corrected chi connectivity index (χ4v) is 1.10. The van der Waals surface area contributed by atoms with E-state index in [1.165, 1.54) is 7.11 Å². The van der Waals surface area contributed by atoms with Crippen LogP contribution in [0.15, 0.2) is 6.07 Å². The number of pyridine rings is 1. The third-order valence-corrected chi connectivity index (χ3v) is 1.68. The van der Waals surface area contributed by atoms with Gasteiger partial charge in [-0.25, -0.2) is 13.8 Å². The SMILES string of the molecule is COc1c(C(F)F)cc(CO)nc1N. The van der Waals surface area contributed by atoms with E-state index in [1.807, 2.05) is 0 Å². The molecule has 4 nitrogen and oxygen atoms in total. The molecule has 1 heterocycles. The van der Waals surface area contributed by atoms with Crippen molar-refractivity contribution in [2.45, 2.75) is 13.0 Å². The number of aromatic nitrogens is 1. The van der Waals surface area contributed by atoms with Crippen molar-refractivity contribution in [3.63, 3.8) is 0 Å². The maximum absolute atomic E-state index is 12.5. The summed E-state index contributed by atoms with van der Waals surface area (Å²) in [5.74, 6) is -0.286. The Hall–Kier alpha value is -1.43. The number of anilines is 1. The van der Waals surface area contributed by atoms with Gasteiger partial charge in [0.15, 0.2) is 11.6 Å². The van der Waals surface area contributed by atoms with Gasteiger partial charge in [0.05, 0.1) is 25.0 Å². The lowest BCUT2D eigenvalue weighted by Crippen LogP contribution is -2.04. The number of halogens is 2. The number of nitrogens with two attached hydrogens (primary N) is 1. The zero-order valence-electron chi connectivity index (χ0n) is 7.50. The van der Waals surface area contributed by atoms with E-state index in [-0.39, 0.29) is 22.8 Å². The average Bonchev–Trinajstić information content (AvgIpc) is 2.16. The second-order valence-corrected chi connectivity index (χ2v) is 2.58. The molecule has 3 N–H and O–H groups in total. The highest BCUT2D eigenvalue weighted by molar-refractivity contribution is 5.52. The Morgan fingerprint density at radius 3 is 2.71 bits per heavy atom. The molecule has 0 atom stereocenters. The van der Waals surface area contributed by atoms with Gasteiger partial charge in [-0.2, -0.15) is 0 Å². The first-order valence-corrected chi connectivity index (χ1v) is 3.82. The lowest BCUT2D eigenvalue weighted by Gasteiger charge is -2.10. The van der Waals surface area contributed by atoms with Crippen molar-refractivity contribution in [2.24, 2.45) is 0 Å². The number of alkyl halides is 2. The summed E-state index contributed by atoms with van der Waals surface area (Å²) in [4.78, 5) is 3.67. The molecule has 0 radical (unpaired) electrons. The zero-order chi connectivity index (χ0) is 10.7. The van der Waals surface area contributed by atoms with E-state index in [4.69, 9.17) is 10.8 Å². The smallest absolute Gasteiger partial charge is 0.267 e. The fraction of sp³-hybridized carbons (Fsp3) is 0.375. The molecule has 0 fully saturated rings. The third kappa shape index (κ3) is 1.90. The van der Waals surface area contributed by atoms with Gasteiger partial charge in [-0.15, -0.1) is 0 Å². The van der Waals surface area contributed by atoms with Crippen molar-refractivity contribution in [3.8, 4) is 5.75 Å². The molecule has 0 aliphatic carbocycles. The first kappa shape index (κ1) is 10.6. The van der Waals surface area contributed by atoms with Gasteiger partial charge in [-0.1, -0.05) is 0 Å². The van der Waals surface area contributed by atoms with Gasteiger partial charge in [0.1, 0.15) is 0 Å². The summed E-state index contributed by atoms with van der Waals surface area (Å²) >= 11 is 0. The quantitative estimate of drug-likeness (QED) is 0.773. The summed E-state index contributed by atoms with van der Waals surface area (Å²) in [7, 11) is 1.23. The van der Waals surface area contributed by atoms with E-state index in [2.05, 4.69) is 9.72 Å². The first-order valence-electron chi connectivity index (χ1n) is 3.82. The maximum Gasteiger partial charge on any atom is 0.267 e. The van der Waals surface area contributed by atoms with Gasteiger partial charge in [0.2, 0.25) is 0 Å². The summed E-state index contributed by atoms with van der Waals surface area (Å²) in [5.41, 5.74) is 5.10. The number of aliphatic hydroxyl groups excluding tert-OH is 1. The van der Waals surface area contributed by atoms with Crippen LogP contribution in [0.25, 0.3) is 0 Å². The molecule has 1 rings (SSSR count). The molecule has 1 aromatic heterocycles. The highest BCUT2D eigenvalue weighted by Gasteiger charge is 2.18. The summed E-state index contributed by atoms with van der Waals surface area (Å²) < 4.78 is 29.6. The lowest BCUT2D eigenvalue weighted by atomic mass is 10.2. The van der Waals surface area contributed by atoms with Crippen LogP contribution in [0.3, 0.4) is 0 Å². The van der Waals surface area contributed by atoms with Gasteiger partial charge < -0.3 is 15.6 Å². The van der Waals surface area contributed by atoms with Crippen LogP contribution in [-0.4, -0.2) is 17.2 Å². The number of methoxy groups -OCH3 is 1. The average molecular weight is 204 g/mol. The van der Waals surface area contributed by atoms with Crippen molar-refractivity contribution in [1.29, 1.82) is 0 Å². The Labute approximate surface area is 79.3 Å². The normalized spacial score (nSPS) is 10.6. The Morgan fingerprint density at radius 1 is 1.64 bits per heavy atom. The number of aliphatic hydroxyl groups is 1. The molecule has 0 saturated carbocycles. The molecule has 0 saturated heterocycles. The van der Waals surface area contributed by atoms with Crippen LogP contribution in [0.1, 0.15) is 17.7 Å². The van der Waals surface area contributed by atoms with Crippen LogP contribution >= 0.6 is 0 Å². The molecule has 0 aliphatic heterocycles. The van der Waals surface area contributed by atoms with Crippen LogP contribution in [0, 0.1) is 0 Å². The van der Waals surface area contributed by atoms with Gasteiger partial charge >= 0.3 is 0 Å². The minimum atomic E-state index is -2.71. The topological polar surface area (TPSA) is 68.4 Å². The second kappa shape index (κ2) is 4.19. The van der Waals surface area contributed by atoms with Crippen LogP contribution in [-0.2, 0) is 6.61 Å². The number of hydrogen-bond acceptors (Lipinski definition) is 4. The molecule has 0 unspecified atom stereocenters. The molecule has 6 heteroatoms. The Balaban J connectivity index is 3.28. The first-order chi connectivity index (χ1) is 6.60. The van der Waals surface area contributed by atoms with Gasteiger partial charge in [-0.05, 0) is 6.07 Å². The molecule has 78 valence electrons. The summed E-state index contributed by atoms with van der Waals surface area (Å²) in [6, 6.07) is 1.07. The number of ether oxygens (including phenoxy) is 1. The molecule has 0 aromatic carbocycles. The van der Waals surface area contributed by atoms with E-state index in [0.29, 0.717) is 0 Å². The minimum absolute atomic E-state index is 0.0959. The van der Waals surface area contributed by atoms with Crippen LogP contribution < -0.4 is 10.5 Å². The highest BCUT2D eigenvalue weighted by atomic mass is 19.3. The molecular formula is C8H10F2N2O2. The molecule has 0 amide bonds. The lowest BCUT2D eigenvalue weighted by molar-refractivity contribution is 0.146.